The third kappa shape index (κ3) is 3.36. The van der Waals surface area contributed by atoms with Gasteiger partial charge in [0.15, 0.2) is 5.82 Å². The maximum absolute atomic E-state index is 14.1. The highest BCUT2D eigenvalue weighted by Gasteiger charge is 2.26. The van der Waals surface area contributed by atoms with E-state index in [2.05, 4.69) is 15.9 Å². The molecule has 0 spiro atoms. The van der Waals surface area contributed by atoms with Gasteiger partial charge in [-0.3, -0.25) is 0 Å². The van der Waals surface area contributed by atoms with Crippen LogP contribution >= 0.6 is 15.9 Å². The fraction of sp³-hybridized carbons (Fsp3) is 0.417. The molecule has 0 radical (unpaired) electrons. The van der Waals surface area contributed by atoms with Crippen molar-refractivity contribution in [3.05, 3.63) is 28.0 Å². The number of ether oxygens (including phenoxy) is 1. The Balaban J connectivity index is 2.36. The molecule has 1 aromatic rings. The molecule has 1 fully saturated rings. The number of halogens is 2. The zero-order chi connectivity index (χ0) is 14.9. The van der Waals surface area contributed by atoms with Gasteiger partial charge in [0.25, 0.3) is 0 Å². The lowest BCUT2D eigenvalue weighted by atomic mass is 10.2. The number of nitrogens with two attached hydrogens (primary N) is 1. The first-order valence-electron chi connectivity index (χ1n) is 6.02. The molecular weight excluding hydrogens is 353 g/mol. The number of carbonyl (C=O) groups is 1. The van der Waals surface area contributed by atoms with Crippen molar-refractivity contribution in [2.24, 2.45) is 5.14 Å². The van der Waals surface area contributed by atoms with Crippen molar-refractivity contribution < 1.29 is 22.3 Å². The van der Waals surface area contributed by atoms with E-state index in [0.717, 1.165) is 31.7 Å². The molecule has 0 aromatic heterocycles. The molecule has 5 nitrogen and oxygen atoms in total. The van der Waals surface area contributed by atoms with Crippen LogP contribution in [0.4, 0.5) is 4.39 Å². The monoisotopic (exact) mass is 365 g/mol. The number of primary sulfonamides is 1. The summed E-state index contributed by atoms with van der Waals surface area (Å²) in [5, 5.41) is 4.92. The summed E-state index contributed by atoms with van der Waals surface area (Å²) in [6, 6.07) is 2.19. The Kier molecular flexibility index (Phi) is 4.46. The Morgan fingerprint density at radius 2 is 1.95 bits per heavy atom. The lowest BCUT2D eigenvalue weighted by molar-refractivity contribution is 0.0312. The predicted molar refractivity (Wildman–Crippen MR) is 73.1 cm³/mol. The number of hydrogen-bond donors (Lipinski definition) is 1. The predicted octanol–water partition coefficient (Wildman–Crippen LogP) is 2.34. The molecule has 0 heterocycles. The Morgan fingerprint density at radius 3 is 2.50 bits per heavy atom. The zero-order valence-corrected chi connectivity index (χ0v) is 12.8. The Hall–Kier alpha value is -0.990. The van der Waals surface area contributed by atoms with Crippen LogP contribution < -0.4 is 5.14 Å². The number of esters is 1. The van der Waals surface area contributed by atoms with Gasteiger partial charge in [0.2, 0.25) is 10.0 Å². The second-order valence-corrected chi connectivity index (χ2v) is 7.07. The van der Waals surface area contributed by atoms with E-state index in [1.54, 1.807) is 0 Å². The average Bonchev–Trinajstić information content (AvgIpc) is 2.83. The average molecular weight is 366 g/mol. The maximum atomic E-state index is 14.1. The van der Waals surface area contributed by atoms with Crippen molar-refractivity contribution in [2.75, 3.05) is 0 Å². The van der Waals surface area contributed by atoms with Gasteiger partial charge in [0, 0.05) is 4.47 Å². The van der Waals surface area contributed by atoms with Gasteiger partial charge >= 0.3 is 5.97 Å². The Labute approximate surface area is 124 Å². The molecule has 2 rings (SSSR count). The second-order valence-electron chi connectivity index (χ2n) is 4.62. The summed E-state index contributed by atoms with van der Waals surface area (Å²) < 4.78 is 42.1. The number of carbonyl (C=O) groups excluding carboxylic acids is 1. The molecular formula is C12H13BrFNO4S. The van der Waals surface area contributed by atoms with Gasteiger partial charge in [-0.2, -0.15) is 0 Å². The summed E-state index contributed by atoms with van der Waals surface area (Å²) in [7, 11) is -4.25. The molecule has 1 aromatic carbocycles. The molecule has 0 atom stereocenters. The summed E-state index contributed by atoms with van der Waals surface area (Å²) in [4.78, 5) is 11.2. The van der Waals surface area contributed by atoms with Crippen LogP contribution in [0.5, 0.6) is 0 Å². The lowest BCUT2D eigenvalue weighted by Gasteiger charge is -2.13. The summed E-state index contributed by atoms with van der Waals surface area (Å²) in [6.45, 7) is 0. The maximum Gasteiger partial charge on any atom is 0.341 e. The first-order valence-corrected chi connectivity index (χ1v) is 8.36. The standard InChI is InChI=1S/C12H13BrFNO4S/c13-7-5-9(11(14)10(6-7)20(15,17)18)12(16)19-8-3-1-2-4-8/h5-6,8H,1-4H2,(H2,15,17,18). The zero-order valence-electron chi connectivity index (χ0n) is 10.4. The molecule has 8 heteroatoms. The van der Waals surface area contributed by atoms with Gasteiger partial charge in [-0.15, -0.1) is 0 Å². The molecule has 0 saturated heterocycles. The van der Waals surface area contributed by atoms with Crippen LogP contribution in [-0.2, 0) is 14.8 Å². The number of hydrogen-bond acceptors (Lipinski definition) is 4. The minimum Gasteiger partial charge on any atom is -0.459 e. The minimum absolute atomic E-state index is 0.237. The van der Waals surface area contributed by atoms with Crippen molar-refractivity contribution in [3.63, 3.8) is 0 Å². The molecule has 0 aliphatic heterocycles. The number of sulfonamides is 1. The van der Waals surface area contributed by atoms with E-state index in [4.69, 9.17) is 9.88 Å². The molecule has 0 unspecified atom stereocenters. The number of benzene rings is 1. The van der Waals surface area contributed by atoms with Crippen molar-refractivity contribution in [2.45, 2.75) is 36.7 Å². The van der Waals surface area contributed by atoms with Crippen molar-refractivity contribution in [1.29, 1.82) is 0 Å². The van der Waals surface area contributed by atoms with Crippen LogP contribution in [0.1, 0.15) is 36.0 Å². The Bertz CT molecular complexity index is 641. The van der Waals surface area contributed by atoms with E-state index in [1.807, 2.05) is 0 Å². The van der Waals surface area contributed by atoms with E-state index in [1.165, 1.54) is 6.07 Å². The third-order valence-electron chi connectivity index (χ3n) is 3.11. The van der Waals surface area contributed by atoms with Crippen LogP contribution in [0.3, 0.4) is 0 Å². The highest BCUT2D eigenvalue weighted by atomic mass is 79.9. The van der Waals surface area contributed by atoms with Gasteiger partial charge in [-0.25, -0.2) is 22.7 Å². The van der Waals surface area contributed by atoms with E-state index >= 15 is 0 Å². The lowest BCUT2D eigenvalue weighted by Crippen LogP contribution is -2.19. The molecule has 2 N–H and O–H groups in total. The van der Waals surface area contributed by atoms with Crippen LogP contribution in [0.25, 0.3) is 0 Å². The fourth-order valence-corrected chi connectivity index (χ4v) is 3.40. The highest BCUT2D eigenvalue weighted by Crippen LogP contribution is 2.26. The molecule has 1 aliphatic rings. The molecule has 0 amide bonds. The van der Waals surface area contributed by atoms with E-state index < -0.39 is 32.3 Å². The van der Waals surface area contributed by atoms with Gasteiger partial charge in [0.1, 0.15) is 11.0 Å². The third-order valence-corrected chi connectivity index (χ3v) is 4.47. The molecule has 1 saturated carbocycles. The van der Waals surface area contributed by atoms with Crippen molar-refractivity contribution in [1.82, 2.24) is 0 Å². The SMILES string of the molecule is NS(=O)(=O)c1cc(Br)cc(C(=O)OC2CCCC2)c1F. The van der Waals surface area contributed by atoms with E-state index in [-0.39, 0.29) is 10.6 Å². The number of rotatable bonds is 3. The molecule has 0 bridgehead atoms. The minimum atomic E-state index is -4.25. The first kappa shape index (κ1) is 15.4. The van der Waals surface area contributed by atoms with Crippen molar-refractivity contribution >= 4 is 31.9 Å². The summed E-state index contributed by atoms with van der Waals surface area (Å²) in [5.74, 6) is -2.06. The van der Waals surface area contributed by atoms with Gasteiger partial charge in [-0.1, -0.05) is 15.9 Å². The smallest absolute Gasteiger partial charge is 0.341 e. The van der Waals surface area contributed by atoms with E-state index in [9.17, 15) is 17.6 Å². The first-order chi connectivity index (χ1) is 9.29. The normalized spacial score (nSPS) is 16.4. The van der Waals surface area contributed by atoms with Crippen LogP contribution in [0, 0.1) is 5.82 Å². The molecule has 20 heavy (non-hydrogen) atoms. The van der Waals surface area contributed by atoms with Crippen LogP contribution in [-0.4, -0.2) is 20.5 Å². The van der Waals surface area contributed by atoms with Crippen molar-refractivity contribution in [3.8, 4) is 0 Å². The summed E-state index contributed by atoms with van der Waals surface area (Å²) >= 11 is 3.03. The summed E-state index contributed by atoms with van der Waals surface area (Å²) in [5.41, 5.74) is -0.435. The fourth-order valence-electron chi connectivity index (χ4n) is 2.14. The largest absolute Gasteiger partial charge is 0.459 e. The van der Waals surface area contributed by atoms with Crippen LogP contribution in [0.15, 0.2) is 21.5 Å². The second kappa shape index (κ2) is 5.79. The van der Waals surface area contributed by atoms with Crippen LogP contribution in [0.2, 0.25) is 0 Å². The van der Waals surface area contributed by atoms with E-state index in [0.29, 0.717) is 0 Å². The summed E-state index contributed by atoms with van der Waals surface area (Å²) in [6.07, 6.45) is 3.16. The highest BCUT2D eigenvalue weighted by molar-refractivity contribution is 9.10. The molecule has 110 valence electrons. The quantitative estimate of drug-likeness (QED) is 0.832. The van der Waals surface area contributed by atoms with Gasteiger partial charge < -0.3 is 4.74 Å². The topological polar surface area (TPSA) is 86.5 Å². The molecule has 1 aliphatic carbocycles. The van der Waals surface area contributed by atoms with Gasteiger partial charge in [-0.05, 0) is 37.8 Å². The Morgan fingerprint density at radius 1 is 1.35 bits per heavy atom. The van der Waals surface area contributed by atoms with Gasteiger partial charge in [0.05, 0.1) is 5.56 Å².